The summed E-state index contributed by atoms with van der Waals surface area (Å²) in [4.78, 5) is 8.12. The lowest BCUT2D eigenvalue weighted by Gasteiger charge is -2.24. The second-order valence-electron chi connectivity index (χ2n) is 8.56. The first kappa shape index (κ1) is 25.8. The molecule has 194 valence electrons. The molecule has 0 spiro atoms. The van der Waals surface area contributed by atoms with Crippen LogP contribution in [0.4, 0.5) is 5.95 Å². The van der Waals surface area contributed by atoms with E-state index in [0.717, 1.165) is 18.4 Å². The predicted molar refractivity (Wildman–Crippen MR) is 131 cm³/mol. The molecule has 1 fully saturated rings. The lowest BCUT2D eigenvalue weighted by Crippen LogP contribution is -2.32. The Hall–Kier alpha value is -3.29. The van der Waals surface area contributed by atoms with Gasteiger partial charge in [0.05, 0.1) is 20.8 Å². The van der Waals surface area contributed by atoms with Gasteiger partial charge in [-0.05, 0) is 44.4 Å². The normalized spacial score (nSPS) is 17.9. The van der Waals surface area contributed by atoms with E-state index in [4.69, 9.17) is 14.2 Å². The number of anilines is 1. The fraction of sp³-hybridized carbons (Fsp3) is 0.478. The number of nitrogens with one attached hydrogen (secondary N) is 1. The molecule has 0 amide bonds. The second kappa shape index (κ2) is 10.8. The van der Waals surface area contributed by atoms with Gasteiger partial charge in [-0.2, -0.15) is 0 Å². The molecule has 0 aliphatic carbocycles. The molecule has 1 aliphatic rings. The predicted octanol–water partition coefficient (Wildman–Crippen LogP) is 2.14. The van der Waals surface area contributed by atoms with Gasteiger partial charge in [0.1, 0.15) is 34.4 Å². The first-order chi connectivity index (χ1) is 17.3. The zero-order valence-corrected chi connectivity index (χ0v) is 21.4. The van der Waals surface area contributed by atoms with E-state index in [9.17, 15) is 13.5 Å². The molecule has 3 aromatic rings. The average Bonchev–Trinajstić information content (AvgIpc) is 3.30. The van der Waals surface area contributed by atoms with Crippen LogP contribution in [-0.4, -0.2) is 70.9 Å². The highest BCUT2D eigenvalue weighted by Crippen LogP contribution is 2.38. The lowest BCUT2D eigenvalue weighted by molar-refractivity contribution is 0.0775. The highest BCUT2D eigenvalue weighted by Gasteiger charge is 2.34. The molecular formula is C23H30N6O6S. The molecule has 1 saturated heterocycles. The van der Waals surface area contributed by atoms with Crippen LogP contribution in [-0.2, 0) is 14.8 Å². The van der Waals surface area contributed by atoms with Crippen molar-refractivity contribution in [2.45, 2.75) is 44.0 Å². The van der Waals surface area contributed by atoms with E-state index < -0.39 is 21.4 Å². The zero-order valence-electron chi connectivity index (χ0n) is 20.6. The largest absolute Gasteiger partial charge is 0.494 e. The molecule has 3 heterocycles. The average molecular weight is 519 g/mol. The van der Waals surface area contributed by atoms with Gasteiger partial charge in [-0.1, -0.05) is 6.07 Å². The third kappa shape index (κ3) is 5.13. The Labute approximate surface area is 209 Å². The Bertz CT molecular complexity index is 1270. The highest BCUT2D eigenvalue weighted by molar-refractivity contribution is 7.93. The van der Waals surface area contributed by atoms with E-state index >= 15 is 0 Å². The monoisotopic (exact) mass is 518 g/mol. The van der Waals surface area contributed by atoms with Gasteiger partial charge in [-0.25, -0.2) is 18.4 Å². The number of benzene rings is 1. The minimum atomic E-state index is -4.17. The summed E-state index contributed by atoms with van der Waals surface area (Å²) in [6, 6.07) is 5.23. The zero-order chi connectivity index (χ0) is 25.9. The lowest BCUT2D eigenvalue weighted by atomic mass is 10.0. The SMILES string of the molecule is COc1cccc(OC)c1-n1c(NS(=O)(=O)C(C)C(O)c2ncc(C)cn2)nnc1[C@@H]1CCCOC1. The standard InChI is InChI=1S/C23H30N6O6S/c1-14-11-24-21(25-12-14)20(30)15(2)36(31,32)28-23-27-26-22(16-7-6-10-35-13-16)29(23)19-17(33-3)8-5-9-18(19)34-4/h5,8-9,11-12,15-16,20,30H,6-7,10,13H2,1-4H3,(H,27,28)/t15?,16-,20?/m1/s1. The molecule has 2 unspecified atom stereocenters. The number of hydrogen-bond acceptors (Lipinski definition) is 10. The van der Waals surface area contributed by atoms with Crippen LogP contribution in [0.2, 0.25) is 0 Å². The number of hydrogen-bond donors (Lipinski definition) is 2. The molecule has 0 radical (unpaired) electrons. The first-order valence-corrected chi connectivity index (χ1v) is 13.0. The second-order valence-corrected chi connectivity index (χ2v) is 10.6. The summed E-state index contributed by atoms with van der Waals surface area (Å²) in [6.07, 6.45) is 3.19. The molecule has 1 aromatic carbocycles. The van der Waals surface area contributed by atoms with Gasteiger partial charge in [0, 0.05) is 24.9 Å². The number of aliphatic hydroxyl groups excluding tert-OH is 1. The van der Waals surface area contributed by atoms with Crippen molar-refractivity contribution in [2.24, 2.45) is 0 Å². The summed E-state index contributed by atoms with van der Waals surface area (Å²) in [6.45, 7) is 4.24. The Kier molecular flexibility index (Phi) is 7.71. The number of ether oxygens (including phenoxy) is 3. The molecule has 2 N–H and O–H groups in total. The fourth-order valence-corrected chi connectivity index (χ4v) is 5.03. The Morgan fingerprint density at radius 3 is 2.42 bits per heavy atom. The van der Waals surface area contributed by atoms with Crippen molar-refractivity contribution in [3.05, 3.63) is 47.8 Å². The molecule has 12 nitrogen and oxygen atoms in total. The molecule has 0 bridgehead atoms. The van der Waals surface area contributed by atoms with Crippen molar-refractivity contribution in [1.29, 1.82) is 0 Å². The van der Waals surface area contributed by atoms with Gasteiger partial charge in [-0.15, -0.1) is 10.2 Å². The molecule has 3 atom stereocenters. The van der Waals surface area contributed by atoms with E-state index in [2.05, 4.69) is 24.9 Å². The molecule has 1 aliphatic heterocycles. The molecule has 13 heteroatoms. The van der Waals surface area contributed by atoms with E-state index in [-0.39, 0.29) is 17.7 Å². The van der Waals surface area contributed by atoms with Crippen LogP contribution in [0, 0.1) is 6.92 Å². The van der Waals surface area contributed by atoms with Crippen molar-refractivity contribution >= 4 is 16.0 Å². The van der Waals surface area contributed by atoms with Gasteiger partial charge in [0.15, 0.2) is 5.82 Å². The number of methoxy groups -OCH3 is 2. The van der Waals surface area contributed by atoms with Crippen LogP contribution in [0.25, 0.3) is 5.69 Å². The maximum absolute atomic E-state index is 13.4. The summed E-state index contributed by atoms with van der Waals surface area (Å²) in [5.41, 5.74) is 1.23. The number of aryl methyl sites for hydroxylation is 1. The Morgan fingerprint density at radius 2 is 1.83 bits per heavy atom. The summed E-state index contributed by atoms with van der Waals surface area (Å²) < 4.78 is 47.6. The summed E-state index contributed by atoms with van der Waals surface area (Å²) in [5.74, 6) is 1.20. The topological polar surface area (TPSA) is 151 Å². The van der Waals surface area contributed by atoms with Gasteiger partial charge in [0.25, 0.3) is 0 Å². The number of nitrogens with zero attached hydrogens (tertiary/aromatic N) is 5. The van der Waals surface area contributed by atoms with Gasteiger partial charge < -0.3 is 19.3 Å². The van der Waals surface area contributed by atoms with Gasteiger partial charge in [0.2, 0.25) is 16.0 Å². The van der Waals surface area contributed by atoms with Crippen LogP contribution in [0.3, 0.4) is 0 Å². The van der Waals surface area contributed by atoms with Crippen molar-refractivity contribution in [3.8, 4) is 17.2 Å². The van der Waals surface area contributed by atoms with Gasteiger partial charge in [-0.3, -0.25) is 9.29 Å². The molecule has 36 heavy (non-hydrogen) atoms. The Morgan fingerprint density at radius 1 is 1.17 bits per heavy atom. The maximum Gasteiger partial charge on any atom is 0.243 e. The third-order valence-corrected chi connectivity index (χ3v) is 7.78. The fourth-order valence-electron chi connectivity index (χ4n) is 4.00. The van der Waals surface area contributed by atoms with Crippen LogP contribution in [0.15, 0.2) is 30.6 Å². The van der Waals surface area contributed by atoms with Gasteiger partial charge >= 0.3 is 0 Å². The number of sulfonamides is 1. The highest BCUT2D eigenvalue weighted by atomic mass is 32.2. The quantitative estimate of drug-likeness (QED) is 0.431. The van der Waals surface area contributed by atoms with Crippen molar-refractivity contribution in [2.75, 3.05) is 32.2 Å². The van der Waals surface area contributed by atoms with Crippen molar-refractivity contribution < 1.29 is 27.7 Å². The molecule has 4 rings (SSSR count). The van der Waals surface area contributed by atoms with Crippen LogP contribution < -0.4 is 14.2 Å². The number of para-hydroxylation sites is 1. The first-order valence-electron chi connectivity index (χ1n) is 11.5. The third-order valence-electron chi connectivity index (χ3n) is 6.07. The minimum Gasteiger partial charge on any atom is -0.494 e. The number of aliphatic hydroxyl groups is 1. The Balaban J connectivity index is 1.77. The number of aromatic nitrogens is 5. The van der Waals surface area contributed by atoms with E-state index in [1.165, 1.54) is 33.5 Å². The summed E-state index contributed by atoms with van der Waals surface area (Å²) >= 11 is 0. The summed E-state index contributed by atoms with van der Waals surface area (Å²) in [7, 11) is -1.15. The smallest absolute Gasteiger partial charge is 0.243 e. The van der Waals surface area contributed by atoms with E-state index in [1.807, 2.05) is 0 Å². The van der Waals surface area contributed by atoms with Crippen molar-refractivity contribution in [3.63, 3.8) is 0 Å². The number of rotatable bonds is 9. The summed E-state index contributed by atoms with van der Waals surface area (Å²) in [5, 5.41) is 17.9. The molecule has 2 aromatic heterocycles. The van der Waals surface area contributed by atoms with Crippen LogP contribution in [0.1, 0.15) is 49.0 Å². The molecular weight excluding hydrogens is 488 g/mol. The minimum absolute atomic E-state index is 0.00591. The van der Waals surface area contributed by atoms with E-state index in [0.29, 0.717) is 36.2 Å². The van der Waals surface area contributed by atoms with E-state index in [1.54, 1.807) is 29.7 Å². The van der Waals surface area contributed by atoms with Crippen molar-refractivity contribution in [1.82, 2.24) is 24.7 Å². The molecule has 0 saturated carbocycles. The maximum atomic E-state index is 13.4. The van der Waals surface area contributed by atoms with Crippen LogP contribution in [0.5, 0.6) is 11.5 Å². The van der Waals surface area contributed by atoms with Crippen LogP contribution >= 0.6 is 0 Å².